The third-order valence-electron chi connectivity index (χ3n) is 3.97. The summed E-state index contributed by atoms with van der Waals surface area (Å²) in [6, 6.07) is 3.08. The fraction of sp³-hybridized carbons (Fsp3) is 0.375. The van der Waals surface area contributed by atoms with Crippen molar-refractivity contribution in [2.45, 2.75) is 38.9 Å². The van der Waals surface area contributed by atoms with Crippen LogP contribution in [0.3, 0.4) is 0 Å². The second kappa shape index (κ2) is 7.02. The summed E-state index contributed by atoms with van der Waals surface area (Å²) in [7, 11) is 0. The van der Waals surface area contributed by atoms with Crippen molar-refractivity contribution in [2.24, 2.45) is 0 Å². The highest BCUT2D eigenvalue weighted by molar-refractivity contribution is 5.92. The molecule has 2 N–H and O–H groups in total. The van der Waals surface area contributed by atoms with Gasteiger partial charge in [0.2, 0.25) is 5.76 Å². The molecule has 0 fully saturated rings. The Morgan fingerprint density at radius 3 is 2.71 bits per heavy atom. The number of carbonyl (C=O) groups excluding carboxylic acids is 1. The van der Waals surface area contributed by atoms with Crippen LogP contribution in [0.5, 0.6) is 0 Å². The summed E-state index contributed by atoms with van der Waals surface area (Å²) in [6.07, 6.45) is -2.96. The van der Waals surface area contributed by atoms with Crippen LogP contribution >= 0.6 is 0 Å². The lowest BCUT2D eigenvalue weighted by atomic mass is 9.92. The van der Waals surface area contributed by atoms with Gasteiger partial charge in [-0.3, -0.25) is 9.89 Å². The molecule has 0 saturated heterocycles. The standard InChI is InChI=1S/C16H16F3N7O2/c1-8-4-5-20-12(22-8)9-6-10(28-26-9)13(27)21-7-11-23-14(25-24-11)15(2,3)16(17,18)19/h4-6H,7H2,1-3H3,(H,21,27)(H,23,24,25). The van der Waals surface area contributed by atoms with E-state index in [1.165, 1.54) is 6.07 Å². The minimum Gasteiger partial charge on any atom is -0.350 e. The van der Waals surface area contributed by atoms with Gasteiger partial charge in [-0.25, -0.2) is 15.0 Å². The molecule has 148 valence electrons. The summed E-state index contributed by atoms with van der Waals surface area (Å²) in [5.74, 6) is -0.766. The minimum absolute atomic E-state index is 0.0717. The summed E-state index contributed by atoms with van der Waals surface area (Å²) < 4.78 is 44.1. The molecule has 0 unspecified atom stereocenters. The lowest BCUT2D eigenvalue weighted by Crippen LogP contribution is -2.37. The summed E-state index contributed by atoms with van der Waals surface area (Å²) in [4.78, 5) is 24.2. The number of alkyl halides is 3. The van der Waals surface area contributed by atoms with Crippen molar-refractivity contribution in [2.75, 3.05) is 0 Å². The molecular weight excluding hydrogens is 379 g/mol. The highest BCUT2D eigenvalue weighted by Gasteiger charge is 2.51. The Balaban J connectivity index is 1.66. The minimum atomic E-state index is -4.51. The third kappa shape index (κ3) is 3.85. The summed E-state index contributed by atoms with van der Waals surface area (Å²) in [5.41, 5.74) is -1.22. The van der Waals surface area contributed by atoms with Crippen molar-refractivity contribution in [1.82, 2.24) is 35.6 Å². The van der Waals surface area contributed by atoms with Gasteiger partial charge >= 0.3 is 6.18 Å². The van der Waals surface area contributed by atoms with E-state index in [9.17, 15) is 18.0 Å². The number of halogens is 3. The first kappa shape index (κ1) is 19.5. The Labute approximate surface area is 156 Å². The number of carbonyl (C=O) groups is 1. The molecule has 0 bridgehead atoms. The van der Waals surface area contributed by atoms with Crippen LogP contribution in [0, 0.1) is 6.92 Å². The number of hydrogen-bond donors (Lipinski definition) is 2. The van der Waals surface area contributed by atoms with Gasteiger partial charge in [0, 0.05) is 18.0 Å². The molecule has 1 amide bonds. The van der Waals surface area contributed by atoms with E-state index in [1.54, 1.807) is 19.2 Å². The van der Waals surface area contributed by atoms with Crippen molar-refractivity contribution in [3.8, 4) is 11.5 Å². The SMILES string of the molecule is Cc1ccnc(-c2cc(C(=O)NCc3nc(C(C)(C)C(F)(F)F)n[nH]3)on2)n1. The van der Waals surface area contributed by atoms with Crippen molar-refractivity contribution in [3.05, 3.63) is 41.4 Å². The van der Waals surface area contributed by atoms with Gasteiger partial charge in [0.1, 0.15) is 11.2 Å². The van der Waals surface area contributed by atoms with Gasteiger partial charge in [-0.05, 0) is 26.8 Å². The van der Waals surface area contributed by atoms with Crippen molar-refractivity contribution < 1.29 is 22.5 Å². The normalized spacial score (nSPS) is 12.2. The van der Waals surface area contributed by atoms with Gasteiger partial charge in [-0.15, -0.1) is 0 Å². The predicted molar refractivity (Wildman–Crippen MR) is 88.9 cm³/mol. The highest BCUT2D eigenvalue weighted by Crippen LogP contribution is 2.38. The average molecular weight is 395 g/mol. The number of hydrogen-bond acceptors (Lipinski definition) is 7. The molecule has 0 radical (unpaired) electrons. The van der Waals surface area contributed by atoms with E-state index in [1.807, 2.05) is 0 Å². The number of H-pyrrole nitrogens is 1. The molecule has 0 aliphatic heterocycles. The van der Waals surface area contributed by atoms with Crippen LogP contribution in [0.2, 0.25) is 0 Å². The number of rotatable bonds is 5. The molecule has 3 rings (SSSR count). The molecule has 9 nitrogen and oxygen atoms in total. The summed E-state index contributed by atoms with van der Waals surface area (Å²) in [6.45, 7) is 3.56. The van der Waals surface area contributed by atoms with E-state index in [2.05, 4.69) is 35.6 Å². The molecule has 3 aromatic heterocycles. The van der Waals surface area contributed by atoms with Crippen LogP contribution in [-0.2, 0) is 12.0 Å². The topological polar surface area (TPSA) is 122 Å². The molecular formula is C16H16F3N7O2. The molecule has 0 spiro atoms. The molecule has 0 aliphatic rings. The molecule has 0 aromatic carbocycles. The monoisotopic (exact) mass is 395 g/mol. The number of nitrogens with one attached hydrogen (secondary N) is 2. The van der Waals surface area contributed by atoms with Crippen LogP contribution in [0.1, 0.15) is 41.7 Å². The Hall–Kier alpha value is -3.31. The maximum absolute atomic E-state index is 13.0. The maximum atomic E-state index is 13.0. The molecule has 3 heterocycles. The van der Waals surface area contributed by atoms with Crippen molar-refractivity contribution >= 4 is 5.91 Å². The highest BCUT2D eigenvalue weighted by atomic mass is 19.4. The first-order valence-electron chi connectivity index (χ1n) is 8.11. The maximum Gasteiger partial charge on any atom is 0.401 e. The lowest BCUT2D eigenvalue weighted by Gasteiger charge is -2.24. The van der Waals surface area contributed by atoms with Crippen LogP contribution in [0.25, 0.3) is 11.5 Å². The number of aromatic amines is 1. The zero-order valence-electron chi connectivity index (χ0n) is 15.1. The quantitative estimate of drug-likeness (QED) is 0.680. The Bertz CT molecular complexity index is 994. The largest absolute Gasteiger partial charge is 0.401 e. The molecule has 0 saturated carbocycles. The average Bonchev–Trinajstić information content (AvgIpc) is 3.28. The van der Waals surface area contributed by atoms with E-state index >= 15 is 0 Å². The van der Waals surface area contributed by atoms with Crippen LogP contribution in [0.4, 0.5) is 13.2 Å². The van der Waals surface area contributed by atoms with Gasteiger partial charge in [-0.2, -0.15) is 18.3 Å². The number of aryl methyl sites for hydroxylation is 1. The van der Waals surface area contributed by atoms with Gasteiger partial charge < -0.3 is 9.84 Å². The smallest absolute Gasteiger partial charge is 0.350 e. The Morgan fingerprint density at radius 2 is 2.04 bits per heavy atom. The molecule has 28 heavy (non-hydrogen) atoms. The lowest BCUT2D eigenvalue weighted by molar-refractivity contribution is -0.182. The van der Waals surface area contributed by atoms with Crippen LogP contribution in [0.15, 0.2) is 22.9 Å². The fourth-order valence-electron chi connectivity index (χ4n) is 2.09. The predicted octanol–water partition coefficient (Wildman–Crippen LogP) is 2.33. The number of aromatic nitrogens is 6. The van der Waals surface area contributed by atoms with E-state index in [0.29, 0.717) is 5.82 Å². The van der Waals surface area contributed by atoms with Gasteiger partial charge in [-0.1, -0.05) is 5.16 Å². The summed E-state index contributed by atoms with van der Waals surface area (Å²) in [5, 5.41) is 12.2. The first-order chi connectivity index (χ1) is 13.1. The van der Waals surface area contributed by atoms with E-state index < -0.39 is 23.3 Å². The zero-order chi connectivity index (χ0) is 20.5. The van der Waals surface area contributed by atoms with Crippen LogP contribution < -0.4 is 5.32 Å². The van der Waals surface area contributed by atoms with E-state index in [4.69, 9.17) is 4.52 Å². The first-order valence-corrected chi connectivity index (χ1v) is 8.11. The Morgan fingerprint density at radius 1 is 1.29 bits per heavy atom. The number of nitrogens with zero attached hydrogens (tertiary/aromatic N) is 5. The van der Waals surface area contributed by atoms with E-state index in [-0.39, 0.29) is 23.8 Å². The second-order valence-electron chi connectivity index (χ2n) is 6.51. The van der Waals surface area contributed by atoms with Gasteiger partial charge in [0.05, 0.1) is 6.54 Å². The summed E-state index contributed by atoms with van der Waals surface area (Å²) >= 11 is 0. The fourth-order valence-corrected chi connectivity index (χ4v) is 2.09. The van der Waals surface area contributed by atoms with Gasteiger partial charge in [0.15, 0.2) is 17.3 Å². The second-order valence-corrected chi connectivity index (χ2v) is 6.51. The van der Waals surface area contributed by atoms with Gasteiger partial charge in [0.25, 0.3) is 5.91 Å². The molecule has 0 aliphatic carbocycles. The zero-order valence-corrected chi connectivity index (χ0v) is 15.1. The third-order valence-corrected chi connectivity index (χ3v) is 3.97. The Kier molecular flexibility index (Phi) is 4.87. The van der Waals surface area contributed by atoms with E-state index in [0.717, 1.165) is 19.5 Å². The number of amides is 1. The molecule has 12 heteroatoms. The van der Waals surface area contributed by atoms with Crippen molar-refractivity contribution in [3.63, 3.8) is 0 Å². The molecule has 0 atom stereocenters. The molecule has 3 aromatic rings. The van der Waals surface area contributed by atoms with Crippen molar-refractivity contribution in [1.29, 1.82) is 0 Å². The van der Waals surface area contributed by atoms with Crippen LogP contribution in [-0.4, -0.2) is 42.4 Å².